The van der Waals surface area contributed by atoms with Gasteiger partial charge in [-0.3, -0.25) is 0 Å². The van der Waals surface area contributed by atoms with Crippen LogP contribution in [0.5, 0.6) is 0 Å². The molecule has 0 radical (unpaired) electrons. The van der Waals surface area contributed by atoms with Crippen molar-refractivity contribution in [3.8, 4) is 90.8 Å². The highest BCUT2D eigenvalue weighted by Gasteiger charge is 2.52. The molecular weight excluding hydrogens is 1160 g/mol. The molecule has 0 saturated carbocycles. The van der Waals surface area contributed by atoms with Gasteiger partial charge in [-0.1, -0.05) is 272 Å². The molecule has 8 nitrogen and oxygen atoms in total. The van der Waals surface area contributed by atoms with E-state index in [0.717, 1.165) is 0 Å². The van der Waals surface area contributed by atoms with Gasteiger partial charge in [-0.05, 0) is 96.9 Å². The first-order valence-electron chi connectivity index (χ1n) is 54.1. The lowest BCUT2D eigenvalue weighted by atomic mass is 9.89. The van der Waals surface area contributed by atoms with Gasteiger partial charge in [0.15, 0.2) is 43.0 Å². The monoisotopic (exact) mass is 1270 g/mol. The molecule has 0 bridgehead atoms. The van der Waals surface area contributed by atoms with E-state index in [0.29, 0.717) is 9.13 Å². The van der Waals surface area contributed by atoms with Crippen LogP contribution in [0, 0.1) is 0 Å². The molecule has 94 heavy (non-hydrogen) atoms. The summed E-state index contributed by atoms with van der Waals surface area (Å²) in [5, 5.41) is -8.20. The van der Waals surface area contributed by atoms with Gasteiger partial charge in [0.25, 0.3) is 0 Å². The van der Waals surface area contributed by atoms with Crippen LogP contribution >= 0.6 is 0 Å². The van der Waals surface area contributed by atoms with Crippen LogP contribution in [-0.2, 0) is 0 Å². The molecule has 9 heteroatoms. The van der Waals surface area contributed by atoms with Crippen molar-refractivity contribution in [1.82, 2.24) is 39.0 Å². The van der Waals surface area contributed by atoms with E-state index >= 15 is 0 Å². The van der Waals surface area contributed by atoms with Gasteiger partial charge in [-0.25, -0.2) is 29.9 Å². The lowest BCUT2D eigenvalue weighted by Crippen LogP contribution is -2.77. The van der Waals surface area contributed by atoms with E-state index in [9.17, 15) is 52.1 Å². The van der Waals surface area contributed by atoms with E-state index in [4.69, 9.17) is 20.6 Å². The molecule has 0 spiro atoms. The predicted octanol–water partition coefficient (Wildman–Crippen LogP) is 17.1. The van der Waals surface area contributed by atoms with Crippen molar-refractivity contribution in [2.24, 2.45) is 0 Å². The highest BCUT2D eigenvalue weighted by atomic mass is 28.3. The average Bonchev–Trinajstić information content (AvgIpc) is 1.56. The Balaban J connectivity index is 1.04. The molecule has 19 rings (SSSR count). The minimum absolute atomic E-state index is 0.561. The molecule has 5 heterocycles. The molecule has 1 aliphatic heterocycles. The van der Waals surface area contributed by atoms with Crippen LogP contribution in [0.25, 0.3) is 134 Å². The van der Waals surface area contributed by atoms with E-state index in [1.807, 2.05) is 0 Å². The number of fused-ring (bicyclic) bond motifs is 11. The molecular formula is C85H54N8Si. The van der Waals surface area contributed by atoms with Gasteiger partial charge in [-0.15, -0.1) is 0 Å². The molecule has 0 fully saturated rings. The second kappa shape index (κ2) is 21.4. The zero-order chi connectivity index (χ0) is 108. The normalized spacial score (nSPS) is 21.4. The van der Waals surface area contributed by atoms with Crippen molar-refractivity contribution in [2.45, 2.75) is 5.92 Å². The maximum absolute atomic E-state index is 11.4. The van der Waals surface area contributed by atoms with Crippen LogP contribution < -0.4 is 20.7 Å². The highest BCUT2D eigenvalue weighted by Crippen LogP contribution is 2.50. The van der Waals surface area contributed by atoms with E-state index in [1.165, 1.54) is 0 Å². The van der Waals surface area contributed by atoms with Crippen molar-refractivity contribution in [1.29, 1.82) is 0 Å². The number of hydrogen-bond donors (Lipinski definition) is 0. The van der Waals surface area contributed by atoms with Crippen LogP contribution in [-0.4, -0.2) is 47.1 Å². The Bertz CT molecular complexity index is 8610. The molecule has 1 atom stereocenters. The summed E-state index contributed by atoms with van der Waals surface area (Å²) in [7, 11) is -7.21. The van der Waals surface area contributed by atoms with Crippen LogP contribution in [0.4, 0.5) is 0 Å². The molecule has 17 aromatic rings. The molecule has 0 N–H and O–H groups in total. The quantitative estimate of drug-likeness (QED) is 0.127. The summed E-state index contributed by atoms with van der Waals surface area (Å²) < 4.78 is 511. The number of rotatable bonds is 10. The fourth-order valence-corrected chi connectivity index (χ4v) is 16.4. The van der Waals surface area contributed by atoms with E-state index in [2.05, 4.69) is 29.9 Å². The summed E-state index contributed by atoms with van der Waals surface area (Å²) in [5.74, 6) is -10.4. The zero-order valence-corrected chi connectivity index (χ0v) is 47.7. The summed E-state index contributed by atoms with van der Waals surface area (Å²) in [6.07, 6.45) is 0. The predicted molar refractivity (Wildman–Crippen MR) is 385 cm³/mol. The Morgan fingerprint density at radius 2 is 0.606 bits per heavy atom. The molecule has 438 valence electrons. The van der Waals surface area contributed by atoms with Crippen LogP contribution in [0.3, 0.4) is 0 Å². The second-order valence-corrected chi connectivity index (χ2v) is 23.9. The van der Waals surface area contributed by atoms with Gasteiger partial charge in [0.2, 0.25) is 0 Å². The molecule has 2 aliphatic rings. The van der Waals surface area contributed by atoms with Crippen molar-refractivity contribution >= 4 is 72.4 Å². The molecule has 0 saturated heterocycles. The molecule has 0 amide bonds. The SMILES string of the molecule is [2H]c1c([2H])c([2H])c(-c2nc(-c3c([2H])c([2H])c([2H])c([Si]4(c5c([2H])c([2H])c([2H])c(-c6nc(-c7c([2H])c([2H])c([2H])c([2H])c7[2H])nc(-c7c([2H])c([2H])c([2H])c([2H])c7-n7c8c([2H])c([2H])c([2H])c([2H])c8c8c([2H])c([2H])c([2H])c([2H])c87)n6)c5[2H])c5c([2H])c([2H])c([2H])c([2H])c5C5c6c([2H])c([2H])c([2H])c([2H])c6-c6c([2H])c([2H])c([2H])c4c65)c3[2H])nc(-c3c([2H])c([2H])c([2H])c([2H])c3-n3c4c([2H])c([2H])c([2H])c([2H])c4c4c([2H])c([2H])c([2H])c([2H])c43)n2)c([2H])c1[2H]. The van der Waals surface area contributed by atoms with Crippen LogP contribution in [0.2, 0.25) is 0 Å². The summed E-state index contributed by atoms with van der Waals surface area (Å²) >= 11 is 0. The van der Waals surface area contributed by atoms with Crippen molar-refractivity contribution in [3.05, 3.63) is 337 Å². The Hall–Kier alpha value is -12.3. The van der Waals surface area contributed by atoms with Crippen molar-refractivity contribution in [3.63, 3.8) is 0 Å². The number of benzene rings is 13. The van der Waals surface area contributed by atoms with Gasteiger partial charge in [-0.2, -0.15) is 0 Å². The minimum Gasteiger partial charge on any atom is -0.309 e. The first-order chi connectivity index (χ1) is 68.7. The summed E-state index contributed by atoms with van der Waals surface area (Å²) in [6, 6.07) is -66.0. The Morgan fingerprint density at radius 3 is 1.10 bits per heavy atom. The zero-order valence-electron chi connectivity index (χ0n) is 99.7. The van der Waals surface area contributed by atoms with Crippen molar-refractivity contribution < 1.29 is 72.7 Å². The Kier molecular flexibility index (Phi) is 5.20. The van der Waals surface area contributed by atoms with E-state index < -0.39 is 506 Å². The molecule has 1 aliphatic carbocycles. The first-order valence-corrected chi connectivity index (χ1v) is 29.6. The largest absolute Gasteiger partial charge is 0.309 e. The summed E-state index contributed by atoms with van der Waals surface area (Å²) in [5.41, 5.74) is -17.4. The summed E-state index contributed by atoms with van der Waals surface area (Å²) in [6.45, 7) is 0. The molecule has 1 unspecified atom stereocenters. The Morgan fingerprint density at radius 1 is 0.266 bits per heavy atom. The van der Waals surface area contributed by atoms with Gasteiger partial charge in [0.05, 0.1) is 106 Å². The topological polar surface area (TPSA) is 87.2 Å². The standard InChI is InChI=1S/C85H54N8Si/c1-3-26-54(27-4-1)80-86-82(90-84(88-80)67-40-13-20-48-74(67)92-70-44-16-9-35-61(70)62-36-10-17-45-71(62)92)56-30-23-32-58(52-56)94(76-50-22-15-42-69(76)78-65-39-8-7-34-60(65)66-43-25-51-77(94)79(66)78)59-33-24-31-57(53-59)83-87-81(55-28-5-2-6-29-55)89-85(91-83)68-41-14-21-49-75(68)93-72-46-18-11-37-63(72)64-38-12-19-47-73(64)93/h1-53,78H/i1D,2D,3D,4D,5D,6D,7D,8D,9D,10D,11D,12D,13D,14D,15D,16D,17D,18D,19D,20D,21D,22D,23D,24D,25D,26D,27D,28D,29D,30D,31D,32D,33D,34D,35D,36D,37D,38D,39D,40D,41D,42D,43D,44D,45D,46D,47D,48D,49D,50D,51D,52D,53D. The highest BCUT2D eigenvalue weighted by molar-refractivity contribution is 7.20. The fourth-order valence-electron chi connectivity index (χ4n) is 11.9. The minimum atomic E-state index is -7.21. The number of para-hydroxylation sites is 6. The van der Waals surface area contributed by atoms with Gasteiger partial charge < -0.3 is 9.13 Å². The van der Waals surface area contributed by atoms with Crippen molar-refractivity contribution in [2.75, 3.05) is 0 Å². The third kappa shape index (κ3) is 8.18. The number of nitrogens with zero attached hydrogens (tertiary/aromatic N) is 8. The fraction of sp³-hybridized carbons (Fsp3) is 0.0118. The van der Waals surface area contributed by atoms with E-state index in [-0.39, 0.29) is 0 Å². The van der Waals surface area contributed by atoms with Gasteiger partial charge in [0.1, 0.15) is 0 Å². The number of hydrogen-bond acceptors (Lipinski definition) is 6. The maximum atomic E-state index is 11.4. The maximum Gasteiger partial charge on any atom is 0.180 e. The Labute approximate surface area is 617 Å². The second-order valence-electron chi connectivity index (χ2n) is 20.4. The van der Waals surface area contributed by atoms with Crippen LogP contribution in [0.1, 0.15) is 95.3 Å². The summed E-state index contributed by atoms with van der Waals surface area (Å²) in [4.78, 5) is 27.2. The van der Waals surface area contributed by atoms with Gasteiger partial charge in [0, 0.05) is 60.8 Å². The lowest BCUT2D eigenvalue weighted by Gasteiger charge is -2.42. The molecule has 13 aromatic carbocycles. The average molecular weight is 1270 g/mol. The van der Waals surface area contributed by atoms with Crippen LogP contribution in [0.15, 0.2) is 320 Å². The lowest BCUT2D eigenvalue weighted by molar-refractivity contribution is 1.02. The molecule has 4 aromatic heterocycles. The first kappa shape index (κ1) is 22.8. The van der Waals surface area contributed by atoms with Gasteiger partial charge >= 0.3 is 0 Å². The third-order valence-electron chi connectivity index (χ3n) is 15.7. The third-order valence-corrected chi connectivity index (χ3v) is 20.0. The number of aromatic nitrogens is 8. The smallest absolute Gasteiger partial charge is 0.180 e. The van der Waals surface area contributed by atoms with E-state index in [1.54, 1.807) is 0 Å².